The number of nitrogens with zero attached hydrogens (tertiary/aromatic N) is 1. The van der Waals surface area contributed by atoms with E-state index < -0.39 is 6.03 Å². The van der Waals surface area contributed by atoms with Crippen LogP contribution in [0, 0.1) is 0 Å². The summed E-state index contributed by atoms with van der Waals surface area (Å²) in [4.78, 5) is 43.6. The lowest BCUT2D eigenvalue weighted by molar-refractivity contribution is -0.119. The number of thiophene rings is 1. The van der Waals surface area contributed by atoms with Crippen molar-refractivity contribution in [1.29, 1.82) is 0 Å². The van der Waals surface area contributed by atoms with E-state index in [-0.39, 0.29) is 23.1 Å². The number of hydrogen-bond acceptors (Lipinski definition) is 6. The number of H-pyrrole nitrogens is 1. The van der Waals surface area contributed by atoms with Gasteiger partial charge in [-0.1, -0.05) is 30.3 Å². The van der Waals surface area contributed by atoms with Gasteiger partial charge in [-0.25, -0.2) is 9.78 Å². The zero-order chi connectivity index (χ0) is 20.1. The van der Waals surface area contributed by atoms with Crippen LogP contribution in [0.1, 0.15) is 24.4 Å². The monoisotopic (exact) mass is 416 g/mol. The summed E-state index contributed by atoms with van der Waals surface area (Å²) in [5, 5.41) is 7.01. The van der Waals surface area contributed by atoms with Crippen LogP contribution in [0.4, 0.5) is 4.79 Å². The standard InChI is InChI=1S/C19H20N4O3S2/c1-11(27-9-8-14(24)21-19(26)20-2)16-22-17(25)15-13(10-28-18(15)23-16)12-6-4-3-5-7-12/h3-7,10-11H,8-9H2,1-2H3,(H,22,23,25)(H2,20,21,24,26). The van der Waals surface area contributed by atoms with Gasteiger partial charge < -0.3 is 10.3 Å². The molecule has 0 saturated heterocycles. The van der Waals surface area contributed by atoms with Crippen molar-refractivity contribution in [3.8, 4) is 11.1 Å². The van der Waals surface area contributed by atoms with Gasteiger partial charge in [0.05, 0.1) is 10.6 Å². The highest BCUT2D eigenvalue weighted by Gasteiger charge is 2.16. The maximum absolute atomic E-state index is 12.7. The number of benzene rings is 1. The number of amides is 3. The fourth-order valence-electron chi connectivity index (χ4n) is 2.65. The van der Waals surface area contributed by atoms with Crippen molar-refractivity contribution in [2.24, 2.45) is 0 Å². The third-order valence-corrected chi connectivity index (χ3v) is 6.14. The summed E-state index contributed by atoms with van der Waals surface area (Å²) in [6.07, 6.45) is 0.200. The van der Waals surface area contributed by atoms with Gasteiger partial charge in [-0.3, -0.25) is 14.9 Å². The topological polar surface area (TPSA) is 104 Å². The number of imide groups is 1. The second-order valence-corrected chi connectivity index (χ2v) is 8.34. The molecule has 0 aliphatic heterocycles. The van der Waals surface area contributed by atoms with Crippen LogP contribution in [0.3, 0.4) is 0 Å². The van der Waals surface area contributed by atoms with Crippen LogP contribution < -0.4 is 16.2 Å². The van der Waals surface area contributed by atoms with Crippen LogP contribution in [-0.2, 0) is 4.79 Å². The van der Waals surface area contributed by atoms with E-state index in [1.165, 1.54) is 30.1 Å². The third kappa shape index (κ3) is 4.60. The maximum Gasteiger partial charge on any atom is 0.321 e. The van der Waals surface area contributed by atoms with Crippen molar-refractivity contribution in [3.63, 3.8) is 0 Å². The molecule has 1 unspecified atom stereocenters. The van der Waals surface area contributed by atoms with Crippen molar-refractivity contribution in [2.45, 2.75) is 18.6 Å². The molecule has 0 spiro atoms. The van der Waals surface area contributed by atoms with Crippen LogP contribution >= 0.6 is 23.1 Å². The lowest BCUT2D eigenvalue weighted by atomic mass is 10.1. The molecule has 2 heterocycles. The molecular weight excluding hydrogens is 396 g/mol. The van der Waals surface area contributed by atoms with E-state index in [1.807, 2.05) is 42.6 Å². The number of nitrogens with one attached hydrogen (secondary N) is 3. The van der Waals surface area contributed by atoms with Crippen LogP contribution in [0.25, 0.3) is 21.3 Å². The molecule has 0 fully saturated rings. The average Bonchev–Trinajstić information content (AvgIpc) is 3.13. The molecule has 0 aliphatic rings. The first-order valence-corrected chi connectivity index (χ1v) is 10.6. The fourth-order valence-corrected chi connectivity index (χ4v) is 4.53. The lowest BCUT2D eigenvalue weighted by Gasteiger charge is -2.10. The minimum Gasteiger partial charge on any atom is -0.341 e. The van der Waals surface area contributed by atoms with Crippen molar-refractivity contribution in [2.75, 3.05) is 12.8 Å². The molecule has 28 heavy (non-hydrogen) atoms. The number of carbonyl (C=O) groups is 2. The highest BCUT2D eigenvalue weighted by atomic mass is 32.2. The Bertz CT molecular complexity index is 1050. The van der Waals surface area contributed by atoms with Gasteiger partial charge in [0.25, 0.3) is 5.56 Å². The Hall–Kier alpha value is -2.65. The number of carbonyl (C=O) groups excluding carboxylic acids is 2. The number of hydrogen-bond donors (Lipinski definition) is 3. The fraction of sp³-hybridized carbons (Fsp3) is 0.263. The van der Waals surface area contributed by atoms with E-state index in [2.05, 4.69) is 20.6 Å². The van der Waals surface area contributed by atoms with Crippen molar-refractivity contribution in [1.82, 2.24) is 20.6 Å². The predicted octanol–water partition coefficient (Wildman–Crippen LogP) is 3.29. The van der Waals surface area contributed by atoms with Gasteiger partial charge in [0.2, 0.25) is 5.91 Å². The molecule has 3 aromatic rings. The zero-order valence-corrected chi connectivity index (χ0v) is 17.1. The number of aromatic amines is 1. The average molecular weight is 417 g/mol. The SMILES string of the molecule is CNC(=O)NC(=O)CCSC(C)c1nc2scc(-c3ccccc3)c2c(=O)[nH]1. The van der Waals surface area contributed by atoms with Crippen LogP contribution in [-0.4, -0.2) is 34.7 Å². The van der Waals surface area contributed by atoms with Crippen LogP contribution in [0.15, 0.2) is 40.5 Å². The number of aromatic nitrogens is 2. The Balaban J connectivity index is 1.71. The first kappa shape index (κ1) is 20.1. The quantitative estimate of drug-likeness (QED) is 0.572. The van der Waals surface area contributed by atoms with Crippen molar-refractivity contribution in [3.05, 3.63) is 51.9 Å². The van der Waals surface area contributed by atoms with Gasteiger partial charge in [0.1, 0.15) is 10.7 Å². The second-order valence-electron chi connectivity index (χ2n) is 6.04. The molecule has 2 aromatic heterocycles. The summed E-state index contributed by atoms with van der Waals surface area (Å²) in [6.45, 7) is 1.93. The molecule has 7 nitrogen and oxygen atoms in total. The molecule has 3 N–H and O–H groups in total. The number of rotatable bonds is 6. The van der Waals surface area contributed by atoms with E-state index >= 15 is 0 Å². The molecule has 0 radical (unpaired) electrons. The Labute approximate surface area is 170 Å². The Morgan fingerprint density at radius 1 is 1.29 bits per heavy atom. The van der Waals surface area contributed by atoms with Gasteiger partial charge in [-0.05, 0) is 12.5 Å². The smallest absolute Gasteiger partial charge is 0.321 e. The molecule has 1 aromatic carbocycles. The number of urea groups is 1. The first-order valence-electron chi connectivity index (χ1n) is 8.69. The highest BCUT2D eigenvalue weighted by Crippen LogP contribution is 2.32. The van der Waals surface area contributed by atoms with E-state index in [0.717, 1.165) is 11.1 Å². The van der Waals surface area contributed by atoms with E-state index in [1.54, 1.807) is 0 Å². The van der Waals surface area contributed by atoms with Crippen LogP contribution in [0.2, 0.25) is 0 Å². The molecule has 0 saturated carbocycles. The summed E-state index contributed by atoms with van der Waals surface area (Å²) < 4.78 is 0. The van der Waals surface area contributed by atoms with Crippen molar-refractivity contribution >= 4 is 45.3 Å². The summed E-state index contributed by atoms with van der Waals surface area (Å²) >= 11 is 2.94. The normalized spacial score (nSPS) is 11.9. The van der Waals surface area contributed by atoms with Gasteiger partial charge in [-0.15, -0.1) is 11.3 Å². The van der Waals surface area contributed by atoms with Crippen molar-refractivity contribution < 1.29 is 9.59 Å². The summed E-state index contributed by atoms with van der Waals surface area (Å²) in [6, 6.07) is 9.23. The van der Waals surface area contributed by atoms with E-state index in [4.69, 9.17) is 0 Å². The van der Waals surface area contributed by atoms with Gasteiger partial charge in [0.15, 0.2) is 0 Å². The summed E-state index contributed by atoms with van der Waals surface area (Å²) in [5.41, 5.74) is 1.70. The Morgan fingerprint density at radius 3 is 2.75 bits per heavy atom. The summed E-state index contributed by atoms with van der Waals surface area (Å²) in [5.74, 6) is 0.739. The number of fused-ring (bicyclic) bond motifs is 1. The molecule has 9 heteroatoms. The Morgan fingerprint density at radius 2 is 2.04 bits per heavy atom. The molecule has 3 rings (SSSR count). The largest absolute Gasteiger partial charge is 0.341 e. The molecule has 0 bridgehead atoms. The van der Waals surface area contributed by atoms with E-state index in [0.29, 0.717) is 21.8 Å². The highest BCUT2D eigenvalue weighted by molar-refractivity contribution is 7.99. The number of thioether (sulfide) groups is 1. The minimum absolute atomic E-state index is 0.0906. The summed E-state index contributed by atoms with van der Waals surface area (Å²) in [7, 11) is 1.45. The lowest BCUT2D eigenvalue weighted by Crippen LogP contribution is -2.37. The zero-order valence-electron chi connectivity index (χ0n) is 15.4. The molecule has 146 valence electrons. The predicted molar refractivity (Wildman–Crippen MR) is 114 cm³/mol. The molecule has 1 atom stereocenters. The van der Waals surface area contributed by atoms with Crippen LogP contribution in [0.5, 0.6) is 0 Å². The third-order valence-electron chi connectivity index (χ3n) is 4.11. The first-order chi connectivity index (χ1) is 13.5. The van der Waals surface area contributed by atoms with E-state index in [9.17, 15) is 14.4 Å². The van der Waals surface area contributed by atoms with Gasteiger partial charge in [0, 0.05) is 30.2 Å². The maximum atomic E-state index is 12.7. The molecule has 0 aliphatic carbocycles. The Kier molecular flexibility index (Phi) is 6.48. The second kappa shape index (κ2) is 9.03. The van der Waals surface area contributed by atoms with Gasteiger partial charge >= 0.3 is 6.03 Å². The molecular formula is C19H20N4O3S2. The minimum atomic E-state index is -0.522. The van der Waals surface area contributed by atoms with Gasteiger partial charge in [-0.2, -0.15) is 11.8 Å². The molecule has 3 amide bonds.